The van der Waals surface area contributed by atoms with E-state index in [1.54, 1.807) is 38.6 Å². The Labute approximate surface area is 253 Å². The third kappa shape index (κ3) is 7.30. The van der Waals surface area contributed by atoms with Gasteiger partial charge in [-0.3, -0.25) is 18.7 Å². The number of hydrogen-bond acceptors (Lipinski definition) is 8. The van der Waals surface area contributed by atoms with Gasteiger partial charge in [0.25, 0.3) is 5.91 Å². The Kier molecular flexibility index (Phi) is 9.31. The van der Waals surface area contributed by atoms with Crippen molar-refractivity contribution in [3.8, 4) is 5.69 Å². The average molecular weight is 664 g/mol. The first-order chi connectivity index (χ1) is 19.7. The van der Waals surface area contributed by atoms with Gasteiger partial charge in [0, 0.05) is 29.9 Å². The third-order valence-electron chi connectivity index (χ3n) is 6.78. The molecule has 0 unspecified atom stereocenters. The van der Waals surface area contributed by atoms with Gasteiger partial charge in [0.05, 0.1) is 28.6 Å². The Hall–Kier alpha value is -3.45. The first-order valence-corrected chi connectivity index (χ1v) is 16.2. The van der Waals surface area contributed by atoms with Crippen LogP contribution in [0.15, 0.2) is 40.9 Å². The van der Waals surface area contributed by atoms with E-state index in [4.69, 9.17) is 14.6 Å². The lowest BCUT2D eigenvalue weighted by Crippen LogP contribution is -2.32. The van der Waals surface area contributed by atoms with E-state index >= 15 is 0 Å². The molecule has 1 fully saturated rings. The van der Waals surface area contributed by atoms with Crippen LogP contribution in [0.25, 0.3) is 16.6 Å². The van der Waals surface area contributed by atoms with Gasteiger partial charge in [-0.15, -0.1) is 0 Å². The topological polar surface area (TPSA) is 137 Å². The molecule has 42 heavy (non-hydrogen) atoms. The van der Waals surface area contributed by atoms with Gasteiger partial charge >= 0.3 is 11.9 Å². The molecule has 1 heterocycles. The number of sulfonamides is 1. The molecule has 0 radical (unpaired) electrons. The Morgan fingerprint density at radius 2 is 1.79 bits per heavy atom. The van der Waals surface area contributed by atoms with Crippen LogP contribution >= 0.6 is 15.9 Å². The van der Waals surface area contributed by atoms with Crippen molar-refractivity contribution < 1.29 is 32.3 Å². The molecule has 4 rings (SSSR count). The van der Waals surface area contributed by atoms with Crippen molar-refractivity contribution >= 4 is 60.4 Å². The van der Waals surface area contributed by atoms with E-state index in [0.717, 1.165) is 29.1 Å². The van der Waals surface area contributed by atoms with Crippen molar-refractivity contribution in [2.45, 2.75) is 52.4 Å². The fraction of sp³-hybridized carbons (Fsp3) is 0.448. The van der Waals surface area contributed by atoms with E-state index in [1.165, 1.54) is 4.31 Å². The smallest absolute Gasteiger partial charge is 0.314 e. The highest BCUT2D eigenvalue weighted by molar-refractivity contribution is 9.10. The second-order valence-electron chi connectivity index (χ2n) is 11.3. The lowest BCUT2D eigenvalue weighted by Gasteiger charge is -2.25. The van der Waals surface area contributed by atoms with Crippen LogP contribution in [0, 0.1) is 5.41 Å². The molecule has 11 nitrogen and oxygen atoms in total. The highest BCUT2D eigenvalue weighted by Crippen LogP contribution is 2.46. The number of amides is 1. The maximum Gasteiger partial charge on any atom is 0.314 e. The molecule has 1 amide bonds. The van der Waals surface area contributed by atoms with Crippen LogP contribution in [0.2, 0.25) is 0 Å². The molecule has 1 aliphatic carbocycles. The quantitative estimate of drug-likeness (QED) is 0.231. The van der Waals surface area contributed by atoms with E-state index in [2.05, 4.69) is 21.2 Å². The number of nitrogens with one attached hydrogen (secondary N) is 1. The van der Waals surface area contributed by atoms with Crippen LogP contribution in [-0.4, -0.2) is 62.7 Å². The molecule has 0 spiro atoms. The monoisotopic (exact) mass is 662 g/mol. The molecular weight excluding hydrogens is 628 g/mol. The summed E-state index contributed by atoms with van der Waals surface area (Å²) in [6.45, 7) is 4.59. The SMILES string of the molecule is CNC(=O)c1c2cc(C3CC3)c(N(CCCC(=O)OCOC(=O)C(C)(C)C)S(C)(=O)=O)cc2nn1-c1ccc(Br)cc1. The van der Waals surface area contributed by atoms with Gasteiger partial charge in [-0.05, 0) is 87.9 Å². The molecule has 1 N–H and O–H groups in total. The molecule has 13 heteroatoms. The van der Waals surface area contributed by atoms with Crippen LogP contribution in [0.4, 0.5) is 5.69 Å². The first-order valence-electron chi connectivity index (χ1n) is 13.6. The summed E-state index contributed by atoms with van der Waals surface area (Å²) in [7, 11) is -2.20. The zero-order valence-corrected chi connectivity index (χ0v) is 26.7. The second-order valence-corrected chi connectivity index (χ2v) is 14.1. The number of benzene rings is 2. The number of esters is 2. The Morgan fingerprint density at radius 3 is 2.36 bits per heavy atom. The van der Waals surface area contributed by atoms with Crippen molar-refractivity contribution in [1.29, 1.82) is 0 Å². The maximum atomic E-state index is 13.0. The third-order valence-corrected chi connectivity index (χ3v) is 8.49. The highest BCUT2D eigenvalue weighted by Gasteiger charge is 2.32. The minimum absolute atomic E-state index is 0.0245. The Balaban J connectivity index is 1.63. The average Bonchev–Trinajstić information content (AvgIpc) is 3.69. The minimum atomic E-state index is -3.75. The standard InChI is InChI=1S/C29H35BrN4O7S/c1-29(2,3)28(37)41-17-40-25(35)7-6-14-33(42(5,38)39)24-16-23-22(15-21(24)18-8-9-18)26(27(36)31-4)34(32-23)20-12-10-19(30)11-13-20/h10-13,15-16,18H,6-9,14,17H2,1-5H3,(H,31,36). The van der Waals surface area contributed by atoms with Crippen LogP contribution in [0.5, 0.6) is 0 Å². The summed E-state index contributed by atoms with van der Waals surface area (Å²) in [5.74, 6) is -1.28. The molecule has 1 saturated carbocycles. The lowest BCUT2D eigenvalue weighted by atomic mass is 9.98. The number of aromatic nitrogens is 2. The highest BCUT2D eigenvalue weighted by atomic mass is 79.9. The van der Waals surface area contributed by atoms with E-state index in [-0.39, 0.29) is 31.2 Å². The number of anilines is 1. The number of halogens is 1. The van der Waals surface area contributed by atoms with Gasteiger partial charge in [0.2, 0.25) is 16.8 Å². The molecule has 0 bridgehead atoms. The predicted molar refractivity (Wildman–Crippen MR) is 162 cm³/mol. The normalized spacial score (nSPS) is 13.6. The van der Waals surface area contributed by atoms with E-state index in [9.17, 15) is 22.8 Å². The number of fused-ring (bicyclic) bond motifs is 1. The number of carbonyl (C=O) groups excluding carboxylic acids is 3. The molecule has 3 aromatic rings. The van der Waals surface area contributed by atoms with Crippen LogP contribution in [0.3, 0.4) is 0 Å². The van der Waals surface area contributed by atoms with Gasteiger partial charge in [0.1, 0.15) is 5.69 Å². The van der Waals surface area contributed by atoms with Gasteiger partial charge in [-0.1, -0.05) is 15.9 Å². The van der Waals surface area contributed by atoms with Crippen molar-refractivity contribution in [2.75, 3.05) is 30.9 Å². The number of carbonyl (C=O) groups is 3. The zero-order chi connectivity index (χ0) is 30.8. The largest absolute Gasteiger partial charge is 0.428 e. The summed E-state index contributed by atoms with van der Waals surface area (Å²) < 4.78 is 39.7. The molecule has 2 aromatic carbocycles. The summed E-state index contributed by atoms with van der Waals surface area (Å²) in [6.07, 6.45) is 3.02. The Bertz CT molecular complexity index is 1610. The fourth-order valence-corrected chi connectivity index (χ4v) is 5.69. The zero-order valence-electron chi connectivity index (χ0n) is 24.3. The maximum absolute atomic E-state index is 13.0. The van der Waals surface area contributed by atoms with Gasteiger partial charge in [-0.25, -0.2) is 13.1 Å². The predicted octanol–water partition coefficient (Wildman–Crippen LogP) is 4.66. The number of nitrogens with zero attached hydrogens (tertiary/aromatic N) is 3. The minimum Gasteiger partial charge on any atom is -0.428 e. The summed E-state index contributed by atoms with van der Waals surface area (Å²) in [4.78, 5) is 37.1. The number of hydrogen-bond donors (Lipinski definition) is 1. The number of ether oxygens (including phenoxy) is 2. The molecule has 1 aliphatic rings. The van der Waals surface area contributed by atoms with Gasteiger partial charge in [0.15, 0.2) is 0 Å². The summed E-state index contributed by atoms with van der Waals surface area (Å²) in [6, 6.07) is 10.9. The summed E-state index contributed by atoms with van der Waals surface area (Å²) in [5.41, 5.74) is 2.05. The van der Waals surface area contributed by atoms with Crippen molar-refractivity contribution in [3.05, 3.63) is 52.1 Å². The summed E-state index contributed by atoms with van der Waals surface area (Å²) in [5, 5.41) is 8.01. The van der Waals surface area contributed by atoms with Crippen molar-refractivity contribution in [2.24, 2.45) is 5.41 Å². The van der Waals surface area contributed by atoms with Gasteiger partial charge < -0.3 is 14.8 Å². The Morgan fingerprint density at radius 1 is 1.12 bits per heavy atom. The van der Waals surface area contributed by atoms with Crippen LogP contribution in [-0.2, 0) is 29.1 Å². The molecule has 226 valence electrons. The van der Waals surface area contributed by atoms with Crippen LogP contribution < -0.4 is 9.62 Å². The molecule has 0 atom stereocenters. The lowest BCUT2D eigenvalue weighted by molar-refractivity contribution is -0.173. The number of rotatable bonds is 11. The van der Waals surface area contributed by atoms with Crippen LogP contribution in [0.1, 0.15) is 68.4 Å². The fourth-order valence-electron chi connectivity index (χ4n) is 4.45. The summed E-state index contributed by atoms with van der Waals surface area (Å²) >= 11 is 3.42. The second kappa shape index (κ2) is 12.4. The molecular formula is C29H35BrN4O7S. The van der Waals surface area contributed by atoms with Crippen molar-refractivity contribution in [3.63, 3.8) is 0 Å². The molecule has 0 aliphatic heterocycles. The van der Waals surface area contributed by atoms with E-state index < -0.39 is 34.2 Å². The first kappa shape index (κ1) is 31.5. The molecule has 1 aromatic heterocycles. The molecule has 0 saturated heterocycles. The van der Waals surface area contributed by atoms with Gasteiger partial charge in [-0.2, -0.15) is 5.10 Å². The van der Waals surface area contributed by atoms with E-state index in [0.29, 0.717) is 28.0 Å². The van der Waals surface area contributed by atoms with Crippen molar-refractivity contribution in [1.82, 2.24) is 15.1 Å². The van der Waals surface area contributed by atoms with E-state index in [1.807, 2.05) is 30.3 Å².